The Morgan fingerprint density at radius 3 is 3.00 bits per heavy atom. The Morgan fingerprint density at radius 1 is 1.48 bits per heavy atom. The first-order valence-electron chi connectivity index (χ1n) is 6.89. The van der Waals surface area contributed by atoms with E-state index in [0.717, 1.165) is 4.88 Å². The molecule has 6 heteroatoms. The molecule has 5 nitrogen and oxygen atoms in total. The molecule has 1 aromatic rings. The van der Waals surface area contributed by atoms with Crippen molar-refractivity contribution in [2.75, 3.05) is 26.3 Å². The van der Waals surface area contributed by atoms with Crippen molar-refractivity contribution in [1.29, 1.82) is 0 Å². The summed E-state index contributed by atoms with van der Waals surface area (Å²) >= 11 is 1.35. The minimum Gasteiger partial charge on any atom is -0.395 e. The lowest BCUT2D eigenvalue weighted by atomic mass is 10.2. The maximum atomic E-state index is 12.5. The van der Waals surface area contributed by atoms with Gasteiger partial charge in [-0.3, -0.25) is 4.79 Å². The Bertz CT molecular complexity index is 545. The largest absolute Gasteiger partial charge is 0.395 e. The fourth-order valence-electron chi connectivity index (χ4n) is 2.19. The number of ether oxygens (including phenoxy) is 1. The molecule has 2 heterocycles. The van der Waals surface area contributed by atoms with E-state index >= 15 is 0 Å². The Morgan fingerprint density at radius 2 is 2.29 bits per heavy atom. The second-order valence-electron chi connectivity index (χ2n) is 4.90. The molecule has 1 fully saturated rings. The highest BCUT2D eigenvalue weighted by Crippen LogP contribution is 2.20. The molecule has 0 aliphatic carbocycles. The molecule has 0 spiro atoms. The second kappa shape index (κ2) is 7.57. The summed E-state index contributed by atoms with van der Waals surface area (Å²) in [5.74, 6) is 5.71. The van der Waals surface area contributed by atoms with Gasteiger partial charge in [0.25, 0.3) is 5.91 Å². The fraction of sp³-hybridized carbons (Fsp3) is 0.533. The summed E-state index contributed by atoms with van der Waals surface area (Å²) in [6.07, 6.45) is 0.0328. The SMILES string of the molecule is CC1CN(C(=O)c2ccc(C#CCCO)s2)CC(CO)O1. The van der Waals surface area contributed by atoms with Gasteiger partial charge >= 0.3 is 0 Å². The van der Waals surface area contributed by atoms with Crippen molar-refractivity contribution in [1.82, 2.24) is 4.90 Å². The molecule has 114 valence electrons. The van der Waals surface area contributed by atoms with E-state index in [2.05, 4.69) is 11.8 Å². The molecule has 1 amide bonds. The van der Waals surface area contributed by atoms with Gasteiger partial charge in [0.15, 0.2) is 0 Å². The molecule has 2 rings (SSSR count). The van der Waals surface area contributed by atoms with Crippen molar-refractivity contribution >= 4 is 17.2 Å². The van der Waals surface area contributed by atoms with Crippen LogP contribution < -0.4 is 0 Å². The van der Waals surface area contributed by atoms with Crippen molar-refractivity contribution in [2.45, 2.75) is 25.6 Å². The van der Waals surface area contributed by atoms with E-state index < -0.39 is 0 Å². The normalized spacial score (nSPS) is 21.8. The lowest BCUT2D eigenvalue weighted by Crippen LogP contribution is -2.50. The number of aliphatic hydroxyl groups excluding tert-OH is 2. The highest BCUT2D eigenvalue weighted by atomic mass is 32.1. The zero-order valence-electron chi connectivity index (χ0n) is 11.9. The van der Waals surface area contributed by atoms with E-state index in [-0.39, 0.29) is 31.3 Å². The molecule has 21 heavy (non-hydrogen) atoms. The average Bonchev–Trinajstić information content (AvgIpc) is 2.95. The van der Waals surface area contributed by atoms with Crippen LogP contribution in [0.3, 0.4) is 0 Å². The van der Waals surface area contributed by atoms with Gasteiger partial charge in [0.2, 0.25) is 0 Å². The molecule has 1 aliphatic rings. The monoisotopic (exact) mass is 309 g/mol. The smallest absolute Gasteiger partial charge is 0.264 e. The van der Waals surface area contributed by atoms with Crippen LogP contribution in [0.2, 0.25) is 0 Å². The number of morpholine rings is 1. The number of nitrogens with zero attached hydrogens (tertiary/aromatic N) is 1. The summed E-state index contributed by atoms with van der Waals surface area (Å²) in [7, 11) is 0. The molecule has 1 aromatic heterocycles. The van der Waals surface area contributed by atoms with Crippen LogP contribution in [0.1, 0.15) is 27.9 Å². The topological polar surface area (TPSA) is 70.0 Å². The molecule has 0 aromatic carbocycles. The average molecular weight is 309 g/mol. The van der Waals surface area contributed by atoms with Crippen LogP contribution in [-0.4, -0.2) is 59.5 Å². The number of aliphatic hydroxyl groups is 2. The van der Waals surface area contributed by atoms with E-state index in [4.69, 9.17) is 9.84 Å². The van der Waals surface area contributed by atoms with Gasteiger partial charge in [0, 0.05) is 19.5 Å². The number of hydrogen-bond donors (Lipinski definition) is 2. The first kappa shape index (κ1) is 16.0. The van der Waals surface area contributed by atoms with E-state index in [1.165, 1.54) is 11.3 Å². The van der Waals surface area contributed by atoms with E-state index in [0.29, 0.717) is 24.4 Å². The molecule has 0 radical (unpaired) electrons. The van der Waals surface area contributed by atoms with Crippen LogP contribution in [-0.2, 0) is 4.74 Å². The van der Waals surface area contributed by atoms with Gasteiger partial charge in [-0.05, 0) is 19.1 Å². The standard InChI is InChI=1S/C15H19NO4S/c1-11-8-16(9-12(10-18)20-11)15(19)14-6-5-13(21-14)4-2-3-7-17/h5-6,11-12,17-18H,3,7-10H2,1H3. The number of hydrogen-bond acceptors (Lipinski definition) is 5. The predicted molar refractivity (Wildman–Crippen MR) is 80.2 cm³/mol. The van der Waals surface area contributed by atoms with Gasteiger partial charge in [0.05, 0.1) is 35.2 Å². The maximum Gasteiger partial charge on any atom is 0.264 e. The summed E-state index contributed by atoms with van der Waals surface area (Å²) in [4.78, 5) is 15.6. The van der Waals surface area contributed by atoms with E-state index in [1.807, 2.05) is 13.0 Å². The Kier molecular flexibility index (Phi) is 5.76. The predicted octanol–water partition coefficient (Wildman–Crippen LogP) is 0.704. The molecule has 2 N–H and O–H groups in total. The van der Waals surface area contributed by atoms with Crippen molar-refractivity contribution in [3.05, 3.63) is 21.9 Å². The van der Waals surface area contributed by atoms with Gasteiger partial charge < -0.3 is 19.8 Å². The molecular formula is C15H19NO4S. The second-order valence-corrected chi connectivity index (χ2v) is 5.98. The maximum absolute atomic E-state index is 12.5. The molecular weight excluding hydrogens is 290 g/mol. The Labute approximate surface area is 128 Å². The zero-order valence-corrected chi connectivity index (χ0v) is 12.7. The quantitative estimate of drug-likeness (QED) is 0.807. The fourth-order valence-corrected chi connectivity index (χ4v) is 3.04. The van der Waals surface area contributed by atoms with Gasteiger partial charge in [0.1, 0.15) is 0 Å². The van der Waals surface area contributed by atoms with E-state index in [1.54, 1.807) is 11.0 Å². The van der Waals surface area contributed by atoms with Crippen molar-refractivity contribution in [3.8, 4) is 11.8 Å². The van der Waals surface area contributed by atoms with Gasteiger partial charge in [-0.15, -0.1) is 11.3 Å². The number of amides is 1. The number of carbonyl (C=O) groups excluding carboxylic acids is 1. The Balaban J connectivity index is 2.04. The first-order chi connectivity index (χ1) is 10.1. The third-order valence-electron chi connectivity index (χ3n) is 3.08. The molecule has 1 saturated heterocycles. The summed E-state index contributed by atoms with van der Waals surface area (Å²) < 4.78 is 5.54. The highest BCUT2D eigenvalue weighted by Gasteiger charge is 2.29. The minimum absolute atomic E-state index is 0.0401. The summed E-state index contributed by atoms with van der Waals surface area (Å²) in [6, 6.07) is 3.58. The molecule has 0 saturated carbocycles. The van der Waals surface area contributed by atoms with Crippen molar-refractivity contribution < 1.29 is 19.7 Å². The molecule has 1 aliphatic heterocycles. The number of thiophene rings is 1. The lowest BCUT2D eigenvalue weighted by Gasteiger charge is -2.35. The first-order valence-corrected chi connectivity index (χ1v) is 7.71. The van der Waals surface area contributed by atoms with Gasteiger partial charge in [-0.1, -0.05) is 11.8 Å². The Hall–Kier alpha value is -1.39. The summed E-state index contributed by atoms with van der Waals surface area (Å²) in [5.41, 5.74) is 0. The van der Waals surface area contributed by atoms with Crippen LogP contribution in [0, 0.1) is 11.8 Å². The third-order valence-corrected chi connectivity index (χ3v) is 4.07. The van der Waals surface area contributed by atoms with Crippen LogP contribution in [0.15, 0.2) is 12.1 Å². The van der Waals surface area contributed by atoms with Crippen LogP contribution in [0.5, 0.6) is 0 Å². The van der Waals surface area contributed by atoms with Crippen LogP contribution >= 0.6 is 11.3 Å². The van der Waals surface area contributed by atoms with Crippen LogP contribution in [0.25, 0.3) is 0 Å². The van der Waals surface area contributed by atoms with Crippen molar-refractivity contribution in [3.63, 3.8) is 0 Å². The van der Waals surface area contributed by atoms with Crippen LogP contribution in [0.4, 0.5) is 0 Å². The minimum atomic E-state index is -0.318. The third kappa shape index (κ3) is 4.29. The summed E-state index contributed by atoms with van der Waals surface area (Å²) in [6.45, 7) is 2.78. The summed E-state index contributed by atoms with van der Waals surface area (Å²) in [5, 5.41) is 17.9. The molecule has 2 unspecified atom stereocenters. The van der Waals surface area contributed by atoms with Gasteiger partial charge in [-0.25, -0.2) is 0 Å². The lowest BCUT2D eigenvalue weighted by molar-refractivity contribution is -0.0857. The number of carbonyl (C=O) groups is 1. The molecule has 2 atom stereocenters. The van der Waals surface area contributed by atoms with Crippen molar-refractivity contribution in [2.24, 2.45) is 0 Å². The molecule has 0 bridgehead atoms. The highest BCUT2D eigenvalue weighted by molar-refractivity contribution is 7.14. The number of rotatable bonds is 3. The van der Waals surface area contributed by atoms with E-state index in [9.17, 15) is 9.90 Å². The zero-order chi connectivity index (χ0) is 15.2. The van der Waals surface area contributed by atoms with Gasteiger partial charge in [-0.2, -0.15) is 0 Å².